The van der Waals surface area contributed by atoms with E-state index in [0.717, 1.165) is 22.4 Å². The van der Waals surface area contributed by atoms with Crippen molar-refractivity contribution in [2.75, 3.05) is 5.75 Å². The molecular weight excluding hydrogens is 376 g/mol. The highest BCUT2D eigenvalue weighted by Gasteiger charge is 2.34. The van der Waals surface area contributed by atoms with Crippen molar-refractivity contribution in [1.29, 1.82) is 0 Å². The van der Waals surface area contributed by atoms with Crippen molar-refractivity contribution >= 4 is 23.4 Å². The number of aryl methyl sites for hydroxylation is 1. The van der Waals surface area contributed by atoms with Gasteiger partial charge in [0.2, 0.25) is 5.91 Å². The second-order valence-corrected chi connectivity index (χ2v) is 8.63. The minimum absolute atomic E-state index is 0.0259. The molecule has 1 aliphatic rings. The van der Waals surface area contributed by atoms with E-state index in [2.05, 4.69) is 11.4 Å². The van der Waals surface area contributed by atoms with Gasteiger partial charge in [-0.2, -0.15) is 0 Å². The molecule has 28 heavy (non-hydrogen) atoms. The van der Waals surface area contributed by atoms with Crippen LogP contribution in [0.5, 0.6) is 5.75 Å². The van der Waals surface area contributed by atoms with Gasteiger partial charge < -0.3 is 10.1 Å². The van der Waals surface area contributed by atoms with Crippen molar-refractivity contribution in [3.8, 4) is 5.75 Å². The summed E-state index contributed by atoms with van der Waals surface area (Å²) in [5.41, 5.74) is 2.84. The standard InChI is InChI=1S/C21H24N2O4S/c1-14-4-9-19-17(10-14)18(11-21(2,3)27-19)22-20(24)13-28-12-15-5-7-16(8-6-15)23(25)26/h4-10,18H,11-13H2,1-3H3,(H,22,24). The number of nitro groups is 1. The fourth-order valence-electron chi connectivity index (χ4n) is 3.31. The minimum Gasteiger partial charge on any atom is -0.487 e. The SMILES string of the molecule is Cc1ccc2c(c1)C(NC(=O)CSCc1ccc([N+](=O)[O-])cc1)CC(C)(C)O2. The minimum atomic E-state index is -0.417. The van der Waals surface area contributed by atoms with E-state index < -0.39 is 4.92 Å². The van der Waals surface area contributed by atoms with Crippen LogP contribution in [0.1, 0.15) is 43.0 Å². The van der Waals surface area contributed by atoms with Crippen molar-refractivity contribution < 1.29 is 14.5 Å². The van der Waals surface area contributed by atoms with Gasteiger partial charge in [-0.15, -0.1) is 11.8 Å². The van der Waals surface area contributed by atoms with E-state index in [1.54, 1.807) is 12.1 Å². The van der Waals surface area contributed by atoms with E-state index in [1.165, 1.54) is 23.9 Å². The summed E-state index contributed by atoms with van der Waals surface area (Å²) in [6.07, 6.45) is 0.711. The molecule has 0 saturated heterocycles. The number of nitrogens with one attached hydrogen (secondary N) is 1. The van der Waals surface area contributed by atoms with Crippen LogP contribution in [0.4, 0.5) is 5.69 Å². The molecule has 148 valence electrons. The van der Waals surface area contributed by atoms with Crippen LogP contribution < -0.4 is 10.1 Å². The van der Waals surface area contributed by atoms with E-state index >= 15 is 0 Å². The Morgan fingerprint density at radius 3 is 2.68 bits per heavy atom. The Morgan fingerprint density at radius 2 is 2.00 bits per heavy atom. The summed E-state index contributed by atoms with van der Waals surface area (Å²) in [7, 11) is 0. The Labute approximate surface area is 168 Å². The predicted octanol–water partition coefficient (Wildman–Crippen LogP) is 4.56. The van der Waals surface area contributed by atoms with Crippen LogP contribution in [-0.4, -0.2) is 22.2 Å². The van der Waals surface area contributed by atoms with E-state index in [-0.39, 0.29) is 23.2 Å². The summed E-state index contributed by atoms with van der Waals surface area (Å²) in [5, 5.41) is 13.8. The first-order valence-electron chi connectivity index (χ1n) is 9.13. The van der Waals surface area contributed by atoms with Crippen LogP contribution in [-0.2, 0) is 10.5 Å². The molecule has 1 N–H and O–H groups in total. The summed E-state index contributed by atoms with van der Waals surface area (Å²) in [5.74, 6) is 1.75. The third-order valence-electron chi connectivity index (χ3n) is 4.61. The molecule has 0 aliphatic carbocycles. The van der Waals surface area contributed by atoms with Gasteiger partial charge in [-0.25, -0.2) is 0 Å². The Kier molecular flexibility index (Phi) is 5.93. The van der Waals surface area contributed by atoms with Crippen LogP contribution in [0.2, 0.25) is 0 Å². The molecule has 0 bridgehead atoms. The molecule has 0 spiro atoms. The smallest absolute Gasteiger partial charge is 0.269 e. The number of carbonyl (C=O) groups excluding carboxylic acids is 1. The molecule has 3 rings (SSSR count). The predicted molar refractivity (Wildman–Crippen MR) is 111 cm³/mol. The van der Waals surface area contributed by atoms with Crippen LogP contribution in [0.3, 0.4) is 0 Å². The fourth-order valence-corrected chi connectivity index (χ4v) is 4.11. The number of amides is 1. The maximum absolute atomic E-state index is 12.5. The lowest BCUT2D eigenvalue weighted by atomic mass is 9.89. The number of ether oxygens (including phenoxy) is 1. The van der Waals surface area contributed by atoms with Gasteiger partial charge in [-0.05, 0) is 32.4 Å². The topological polar surface area (TPSA) is 81.5 Å². The number of rotatable bonds is 6. The molecule has 7 heteroatoms. The van der Waals surface area contributed by atoms with Crippen molar-refractivity contribution in [2.45, 2.75) is 44.6 Å². The van der Waals surface area contributed by atoms with Gasteiger partial charge in [-0.3, -0.25) is 14.9 Å². The summed E-state index contributed by atoms with van der Waals surface area (Å²) < 4.78 is 6.05. The van der Waals surface area contributed by atoms with Gasteiger partial charge >= 0.3 is 0 Å². The van der Waals surface area contributed by atoms with Gasteiger partial charge in [-0.1, -0.05) is 29.8 Å². The number of carbonyl (C=O) groups is 1. The van der Waals surface area contributed by atoms with Gasteiger partial charge in [0.1, 0.15) is 11.4 Å². The number of nitro benzene ring substituents is 1. The van der Waals surface area contributed by atoms with Crippen molar-refractivity contribution in [3.63, 3.8) is 0 Å². The average Bonchev–Trinajstić information content (AvgIpc) is 2.62. The van der Waals surface area contributed by atoms with Gasteiger partial charge in [0.15, 0.2) is 0 Å². The first-order valence-corrected chi connectivity index (χ1v) is 10.3. The van der Waals surface area contributed by atoms with E-state index in [1.807, 2.05) is 32.9 Å². The molecular formula is C21H24N2O4S. The highest BCUT2D eigenvalue weighted by atomic mass is 32.2. The average molecular weight is 401 g/mol. The van der Waals surface area contributed by atoms with Crippen LogP contribution in [0, 0.1) is 17.0 Å². The number of hydrogen-bond acceptors (Lipinski definition) is 5. The van der Waals surface area contributed by atoms with Crippen LogP contribution in [0.25, 0.3) is 0 Å². The maximum Gasteiger partial charge on any atom is 0.269 e. The van der Waals surface area contributed by atoms with Crippen LogP contribution >= 0.6 is 11.8 Å². The number of benzene rings is 2. The fraction of sp³-hybridized carbons (Fsp3) is 0.381. The monoisotopic (exact) mass is 400 g/mol. The van der Waals surface area contributed by atoms with E-state index in [9.17, 15) is 14.9 Å². The third kappa shape index (κ3) is 5.04. The second-order valence-electron chi connectivity index (χ2n) is 7.64. The molecule has 1 amide bonds. The molecule has 0 saturated carbocycles. The summed E-state index contributed by atoms with van der Waals surface area (Å²) in [6, 6.07) is 12.4. The highest BCUT2D eigenvalue weighted by Crippen LogP contribution is 2.39. The Hall–Kier alpha value is -2.54. The lowest BCUT2D eigenvalue weighted by Crippen LogP contribution is -2.41. The Balaban J connectivity index is 1.57. The van der Waals surface area contributed by atoms with E-state index in [4.69, 9.17) is 4.74 Å². The molecule has 6 nitrogen and oxygen atoms in total. The molecule has 0 fully saturated rings. The van der Waals surface area contributed by atoms with Crippen LogP contribution in [0.15, 0.2) is 42.5 Å². The van der Waals surface area contributed by atoms with Crippen molar-refractivity contribution in [2.24, 2.45) is 0 Å². The normalized spacial score (nSPS) is 17.3. The number of non-ortho nitro benzene ring substituents is 1. The van der Waals surface area contributed by atoms with Crippen molar-refractivity contribution in [3.05, 3.63) is 69.3 Å². The molecule has 2 aromatic carbocycles. The maximum atomic E-state index is 12.5. The molecule has 2 aromatic rings. The molecule has 1 aliphatic heterocycles. The summed E-state index contributed by atoms with van der Waals surface area (Å²) in [6.45, 7) is 6.08. The molecule has 1 heterocycles. The summed E-state index contributed by atoms with van der Waals surface area (Å²) in [4.78, 5) is 22.8. The quantitative estimate of drug-likeness (QED) is 0.568. The van der Waals surface area contributed by atoms with Gasteiger partial charge in [0.25, 0.3) is 5.69 Å². The zero-order chi connectivity index (χ0) is 20.3. The molecule has 0 aromatic heterocycles. The summed E-state index contributed by atoms with van der Waals surface area (Å²) >= 11 is 1.49. The number of nitrogens with zero attached hydrogens (tertiary/aromatic N) is 1. The number of thioether (sulfide) groups is 1. The first kappa shape index (κ1) is 20.2. The number of fused-ring (bicyclic) bond motifs is 1. The van der Waals surface area contributed by atoms with Gasteiger partial charge in [0, 0.05) is 29.9 Å². The zero-order valence-electron chi connectivity index (χ0n) is 16.2. The van der Waals surface area contributed by atoms with E-state index in [0.29, 0.717) is 17.9 Å². The third-order valence-corrected chi connectivity index (χ3v) is 5.61. The molecule has 1 atom stereocenters. The second kappa shape index (κ2) is 8.22. The Morgan fingerprint density at radius 1 is 1.29 bits per heavy atom. The lowest BCUT2D eigenvalue weighted by molar-refractivity contribution is -0.384. The molecule has 0 radical (unpaired) electrons. The van der Waals surface area contributed by atoms with Crippen molar-refractivity contribution in [1.82, 2.24) is 5.32 Å². The zero-order valence-corrected chi connectivity index (χ0v) is 17.0. The highest BCUT2D eigenvalue weighted by molar-refractivity contribution is 7.99. The Bertz CT molecular complexity index is 880. The largest absolute Gasteiger partial charge is 0.487 e. The van der Waals surface area contributed by atoms with Gasteiger partial charge in [0.05, 0.1) is 16.7 Å². The lowest BCUT2D eigenvalue weighted by Gasteiger charge is -2.38. The molecule has 1 unspecified atom stereocenters. The number of hydrogen-bond donors (Lipinski definition) is 1. The first-order chi connectivity index (χ1) is 13.2.